The largest absolute Gasteiger partial charge is 0.325 e. The standard InChI is InChI=1S/C15H20N6O/c1-10-7-21(8-11(10)2)9-14(22)16-13-5-3-4-12(6-13)15-17-19-20-18-15/h3-6,10-11H,7-9H2,1-2H3,(H,16,22)(H,17,18,19,20). The number of carbonyl (C=O) groups is 1. The number of amides is 1. The number of H-pyrrole nitrogens is 1. The number of hydrogen-bond acceptors (Lipinski definition) is 5. The van der Waals surface area contributed by atoms with E-state index in [4.69, 9.17) is 0 Å². The maximum absolute atomic E-state index is 12.2. The van der Waals surface area contributed by atoms with Gasteiger partial charge in [0.1, 0.15) is 0 Å². The molecule has 0 bridgehead atoms. The number of likely N-dealkylation sites (tertiary alicyclic amines) is 1. The Hall–Kier alpha value is -2.28. The Bertz CT molecular complexity index is 631. The second kappa shape index (κ2) is 6.23. The van der Waals surface area contributed by atoms with Crippen molar-refractivity contribution in [2.75, 3.05) is 25.0 Å². The van der Waals surface area contributed by atoms with Gasteiger partial charge in [-0.3, -0.25) is 9.69 Å². The first-order valence-corrected chi connectivity index (χ1v) is 7.48. The SMILES string of the molecule is CC1CN(CC(=O)Nc2cccc(-c3nn[nH]n3)c2)CC1C. The van der Waals surface area contributed by atoms with E-state index < -0.39 is 0 Å². The number of aromatic nitrogens is 4. The average Bonchev–Trinajstić information content (AvgIpc) is 3.10. The van der Waals surface area contributed by atoms with Crippen LogP contribution in [0.3, 0.4) is 0 Å². The number of nitrogens with one attached hydrogen (secondary N) is 2. The molecule has 0 aliphatic carbocycles. The number of aromatic amines is 1. The Morgan fingerprint density at radius 1 is 1.36 bits per heavy atom. The molecule has 116 valence electrons. The van der Waals surface area contributed by atoms with E-state index in [2.05, 4.69) is 44.7 Å². The number of anilines is 1. The third-order valence-corrected chi connectivity index (χ3v) is 4.18. The van der Waals surface area contributed by atoms with Crippen LogP contribution < -0.4 is 5.32 Å². The Morgan fingerprint density at radius 3 is 2.82 bits per heavy atom. The molecule has 2 N–H and O–H groups in total. The molecule has 2 heterocycles. The quantitative estimate of drug-likeness (QED) is 0.891. The molecule has 7 nitrogen and oxygen atoms in total. The summed E-state index contributed by atoms with van der Waals surface area (Å²) < 4.78 is 0. The first-order chi connectivity index (χ1) is 10.6. The van der Waals surface area contributed by atoms with E-state index in [0.717, 1.165) is 24.3 Å². The molecule has 1 aromatic carbocycles. The minimum Gasteiger partial charge on any atom is -0.325 e. The zero-order chi connectivity index (χ0) is 15.5. The molecule has 1 aromatic heterocycles. The van der Waals surface area contributed by atoms with Crippen molar-refractivity contribution < 1.29 is 4.79 Å². The van der Waals surface area contributed by atoms with Crippen LogP contribution in [0.4, 0.5) is 5.69 Å². The number of nitrogens with zero attached hydrogens (tertiary/aromatic N) is 4. The predicted molar refractivity (Wildman–Crippen MR) is 83.0 cm³/mol. The van der Waals surface area contributed by atoms with Crippen molar-refractivity contribution in [1.82, 2.24) is 25.5 Å². The van der Waals surface area contributed by atoms with E-state index in [9.17, 15) is 4.79 Å². The van der Waals surface area contributed by atoms with Crippen molar-refractivity contribution in [2.45, 2.75) is 13.8 Å². The van der Waals surface area contributed by atoms with E-state index in [-0.39, 0.29) is 5.91 Å². The highest BCUT2D eigenvalue weighted by Gasteiger charge is 2.27. The van der Waals surface area contributed by atoms with Crippen LogP contribution in [0.15, 0.2) is 24.3 Å². The lowest BCUT2D eigenvalue weighted by Gasteiger charge is -2.15. The van der Waals surface area contributed by atoms with Crippen molar-refractivity contribution in [1.29, 1.82) is 0 Å². The molecular formula is C15H20N6O. The van der Waals surface area contributed by atoms with Crippen molar-refractivity contribution >= 4 is 11.6 Å². The van der Waals surface area contributed by atoms with Gasteiger partial charge in [-0.25, -0.2) is 0 Å². The van der Waals surface area contributed by atoms with Crippen molar-refractivity contribution in [3.8, 4) is 11.4 Å². The maximum atomic E-state index is 12.2. The summed E-state index contributed by atoms with van der Waals surface area (Å²) in [6, 6.07) is 7.44. The van der Waals surface area contributed by atoms with Gasteiger partial charge in [0.25, 0.3) is 0 Å². The average molecular weight is 300 g/mol. The maximum Gasteiger partial charge on any atom is 0.238 e. The van der Waals surface area contributed by atoms with E-state index in [1.165, 1.54) is 0 Å². The molecule has 1 saturated heterocycles. The molecule has 0 saturated carbocycles. The van der Waals surface area contributed by atoms with Crippen molar-refractivity contribution in [3.05, 3.63) is 24.3 Å². The fourth-order valence-corrected chi connectivity index (χ4v) is 2.80. The molecule has 1 aliphatic rings. The van der Waals surface area contributed by atoms with Gasteiger partial charge < -0.3 is 5.32 Å². The molecule has 1 fully saturated rings. The Morgan fingerprint density at radius 2 is 2.14 bits per heavy atom. The van der Waals surface area contributed by atoms with Crippen molar-refractivity contribution in [2.24, 2.45) is 11.8 Å². The lowest BCUT2D eigenvalue weighted by molar-refractivity contribution is -0.117. The minimum absolute atomic E-state index is 0.00608. The summed E-state index contributed by atoms with van der Waals surface area (Å²) in [5, 5.41) is 16.8. The van der Waals surface area contributed by atoms with Crippen molar-refractivity contribution in [3.63, 3.8) is 0 Å². The summed E-state index contributed by atoms with van der Waals surface area (Å²) in [4.78, 5) is 14.4. The molecule has 0 radical (unpaired) electrons. The monoisotopic (exact) mass is 300 g/mol. The topological polar surface area (TPSA) is 86.8 Å². The number of carbonyl (C=O) groups excluding carboxylic acids is 1. The Labute approximate surface area is 129 Å². The van der Waals surface area contributed by atoms with Gasteiger partial charge in [-0.2, -0.15) is 5.21 Å². The molecule has 7 heteroatoms. The molecular weight excluding hydrogens is 280 g/mol. The molecule has 2 atom stereocenters. The van der Waals surface area contributed by atoms with E-state index >= 15 is 0 Å². The third kappa shape index (κ3) is 3.30. The fourth-order valence-electron chi connectivity index (χ4n) is 2.80. The normalized spacial score (nSPS) is 21.9. The van der Waals surface area contributed by atoms with Gasteiger partial charge in [-0.05, 0) is 29.2 Å². The summed E-state index contributed by atoms with van der Waals surface area (Å²) in [5.74, 6) is 1.81. The van der Waals surface area contributed by atoms with Crippen LogP contribution >= 0.6 is 0 Å². The van der Waals surface area contributed by atoms with E-state index in [1.807, 2.05) is 24.3 Å². The van der Waals surface area contributed by atoms with Crippen LogP contribution in [0.1, 0.15) is 13.8 Å². The Balaban J connectivity index is 1.61. The van der Waals surface area contributed by atoms with Crippen LogP contribution in [-0.4, -0.2) is 51.1 Å². The van der Waals surface area contributed by atoms with Gasteiger partial charge in [0.15, 0.2) is 0 Å². The van der Waals surface area contributed by atoms with E-state index in [1.54, 1.807) is 0 Å². The summed E-state index contributed by atoms with van der Waals surface area (Å²) in [6.45, 7) is 6.87. The smallest absolute Gasteiger partial charge is 0.238 e. The molecule has 1 aliphatic heterocycles. The molecule has 2 aromatic rings. The lowest BCUT2D eigenvalue weighted by Crippen LogP contribution is -2.31. The van der Waals surface area contributed by atoms with Gasteiger partial charge in [0.05, 0.1) is 6.54 Å². The van der Waals surface area contributed by atoms with Crippen LogP contribution in [0, 0.1) is 11.8 Å². The Kier molecular flexibility index (Phi) is 4.15. The summed E-state index contributed by atoms with van der Waals surface area (Å²) in [7, 11) is 0. The fraction of sp³-hybridized carbons (Fsp3) is 0.467. The molecule has 1 amide bonds. The summed E-state index contributed by atoms with van der Waals surface area (Å²) in [6.07, 6.45) is 0. The van der Waals surface area contributed by atoms with Gasteiger partial charge in [0, 0.05) is 24.3 Å². The number of tetrazole rings is 1. The minimum atomic E-state index is 0.00608. The summed E-state index contributed by atoms with van der Waals surface area (Å²) in [5.41, 5.74) is 1.56. The summed E-state index contributed by atoms with van der Waals surface area (Å²) >= 11 is 0. The highest BCUT2D eigenvalue weighted by molar-refractivity contribution is 5.92. The second-order valence-electron chi connectivity index (χ2n) is 6.01. The zero-order valence-electron chi connectivity index (χ0n) is 12.8. The van der Waals surface area contributed by atoms with Gasteiger partial charge in [0.2, 0.25) is 11.7 Å². The van der Waals surface area contributed by atoms with Crippen LogP contribution in [0.2, 0.25) is 0 Å². The molecule has 3 rings (SSSR count). The first-order valence-electron chi connectivity index (χ1n) is 7.48. The molecule has 0 spiro atoms. The molecule has 2 unspecified atom stereocenters. The van der Waals surface area contributed by atoms with Gasteiger partial charge >= 0.3 is 0 Å². The van der Waals surface area contributed by atoms with Gasteiger partial charge in [-0.1, -0.05) is 26.0 Å². The predicted octanol–water partition coefficient (Wildman–Crippen LogP) is 1.39. The highest BCUT2D eigenvalue weighted by atomic mass is 16.2. The van der Waals surface area contributed by atoms with Crippen LogP contribution in [-0.2, 0) is 4.79 Å². The second-order valence-corrected chi connectivity index (χ2v) is 6.01. The van der Waals surface area contributed by atoms with Crippen LogP contribution in [0.25, 0.3) is 11.4 Å². The van der Waals surface area contributed by atoms with Crippen LogP contribution in [0.5, 0.6) is 0 Å². The van der Waals surface area contributed by atoms with Gasteiger partial charge in [-0.15, -0.1) is 10.2 Å². The number of rotatable bonds is 4. The highest BCUT2D eigenvalue weighted by Crippen LogP contribution is 2.22. The zero-order valence-corrected chi connectivity index (χ0v) is 12.8. The number of benzene rings is 1. The lowest BCUT2D eigenvalue weighted by atomic mass is 10.0. The third-order valence-electron chi connectivity index (χ3n) is 4.18. The molecule has 22 heavy (non-hydrogen) atoms. The number of hydrogen-bond donors (Lipinski definition) is 2. The first kappa shape index (κ1) is 14.6. The van der Waals surface area contributed by atoms with E-state index in [0.29, 0.717) is 24.2 Å².